The van der Waals surface area contributed by atoms with Gasteiger partial charge in [-0.05, 0) is 44.4 Å². The van der Waals surface area contributed by atoms with Gasteiger partial charge in [0.2, 0.25) is 0 Å². The summed E-state index contributed by atoms with van der Waals surface area (Å²) in [5.41, 5.74) is 1.71. The number of rotatable bonds is 11. The molecule has 29 heavy (non-hydrogen) atoms. The Kier molecular flexibility index (Phi) is 8.83. The minimum Gasteiger partial charge on any atom is -0.490 e. The SMILES string of the molecule is CCCCCOc1ccc(C2NC(=O)NC(CC)=C2C(=O)OCC)cc1OCC. The van der Waals surface area contributed by atoms with Gasteiger partial charge in [0, 0.05) is 5.70 Å². The zero-order valence-electron chi connectivity index (χ0n) is 17.8. The fourth-order valence-electron chi connectivity index (χ4n) is 3.22. The van der Waals surface area contributed by atoms with E-state index in [4.69, 9.17) is 14.2 Å². The zero-order chi connectivity index (χ0) is 21.2. The first kappa shape index (κ1) is 22.6. The highest BCUT2D eigenvalue weighted by molar-refractivity contribution is 5.95. The molecule has 1 unspecified atom stereocenters. The Morgan fingerprint density at radius 1 is 1.03 bits per heavy atom. The normalized spacial score (nSPS) is 16.1. The molecular weight excluding hydrogens is 372 g/mol. The summed E-state index contributed by atoms with van der Waals surface area (Å²) in [7, 11) is 0. The predicted molar refractivity (Wildman–Crippen MR) is 111 cm³/mol. The van der Waals surface area contributed by atoms with Gasteiger partial charge >= 0.3 is 12.0 Å². The third kappa shape index (κ3) is 5.89. The second kappa shape index (κ2) is 11.3. The quantitative estimate of drug-likeness (QED) is 0.426. The molecule has 2 N–H and O–H groups in total. The number of esters is 1. The van der Waals surface area contributed by atoms with Crippen molar-refractivity contribution in [3.05, 3.63) is 35.0 Å². The Bertz CT molecular complexity index is 745. The van der Waals surface area contributed by atoms with Crippen molar-refractivity contribution in [2.75, 3.05) is 19.8 Å². The molecule has 2 amide bonds. The summed E-state index contributed by atoms with van der Waals surface area (Å²) < 4.78 is 16.9. The summed E-state index contributed by atoms with van der Waals surface area (Å²) in [5, 5.41) is 5.55. The summed E-state index contributed by atoms with van der Waals surface area (Å²) >= 11 is 0. The van der Waals surface area contributed by atoms with E-state index in [2.05, 4.69) is 17.6 Å². The summed E-state index contributed by atoms with van der Waals surface area (Å²) in [6.07, 6.45) is 3.72. The topological polar surface area (TPSA) is 85.9 Å². The lowest BCUT2D eigenvalue weighted by Gasteiger charge is -2.29. The zero-order valence-corrected chi connectivity index (χ0v) is 17.8. The van der Waals surface area contributed by atoms with E-state index in [1.807, 2.05) is 32.0 Å². The molecule has 1 aromatic carbocycles. The average molecular weight is 405 g/mol. The van der Waals surface area contributed by atoms with Gasteiger partial charge in [-0.3, -0.25) is 0 Å². The van der Waals surface area contributed by atoms with Crippen molar-refractivity contribution in [1.82, 2.24) is 10.6 Å². The van der Waals surface area contributed by atoms with Crippen LogP contribution in [-0.4, -0.2) is 31.8 Å². The van der Waals surface area contributed by atoms with Crippen molar-refractivity contribution in [3.8, 4) is 11.5 Å². The van der Waals surface area contributed by atoms with Crippen molar-refractivity contribution < 1.29 is 23.8 Å². The maximum Gasteiger partial charge on any atom is 0.338 e. The van der Waals surface area contributed by atoms with Crippen molar-refractivity contribution in [2.45, 2.75) is 59.4 Å². The highest BCUT2D eigenvalue weighted by atomic mass is 16.5. The van der Waals surface area contributed by atoms with Crippen LogP contribution < -0.4 is 20.1 Å². The second-order valence-electron chi connectivity index (χ2n) is 6.69. The summed E-state index contributed by atoms with van der Waals surface area (Å²) in [4.78, 5) is 24.8. The summed E-state index contributed by atoms with van der Waals surface area (Å²) in [6.45, 7) is 9.04. The Balaban J connectivity index is 2.37. The Morgan fingerprint density at radius 2 is 1.83 bits per heavy atom. The molecule has 2 rings (SSSR count). The van der Waals surface area contributed by atoms with E-state index in [1.165, 1.54) is 0 Å². The maximum absolute atomic E-state index is 12.6. The summed E-state index contributed by atoms with van der Waals surface area (Å²) in [5.74, 6) is 0.805. The minimum atomic E-state index is -0.619. The van der Waals surface area contributed by atoms with Crippen LogP contribution in [0.4, 0.5) is 4.79 Å². The van der Waals surface area contributed by atoms with Gasteiger partial charge in [-0.2, -0.15) is 0 Å². The van der Waals surface area contributed by atoms with E-state index in [-0.39, 0.29) is 12.6 Å². The number of ether oxygens (including phenoxy) is 3. The Hall–Kier alpha value is -2.70. The van der Waals surface area contributed by atoms with Crippen LogP contribution in [-0.2, 0) is 9.53 Å². The van der Waals surface area contributed by atoms with E-state index in [0.717, 1.165) is 24.8 Å². The fourth-order valence-corrected chi connectivity index (χ4v) is 3.22. The third-order valence-corrected chi connectivity index (χ3v) is 4.61. The van der Waals surface area contributed by atoms with Crippen LogP contribution in [0, 0.1) is 0 Å². The third-order valence-electron chi connectivity index (χ3n) is 4.61. The molecule has 1 atom stereocenters. The molecule has 160 valence electrons. The summed E-state index contributed by atoms with van der Waals surface area (Å²) in [6, 6.07) is 4.53. The van der Waals surface area contributed by atoms with E-state index in [0.29, 0.717) is 42.4 Å². The molecule has 0 bridgehead atoms. The molecule has 0 radical (unpaired) electrons. The molecule has 1 aromatic rings. The number of carbonyl (C=O) groups excluding carboxylic acids is 2. The standard InChI is InChI=1S/C22H32N2O5/c1-5-9-10-13-29-17-12-11-15(14-18(17)27-7-3)20-19(21(25)28-8-4)16(6-2)23-22(26)24-20/h11-12,14,20H,5-10,13H2,1-4H3,(H2,23,24,26). The molecule has 0 fully saturated rings. The molecule has 0 saturated heterocycles. The molecule has 0 spiro atoms. The molecule has 1 heterocycles. The lowest BCUT2D eigenvalue weighted by atomic mass is 9.94. The molecule has 0 aromatic heterocycles. The van der Waals surface area contributed by atoms with Gasteiger partial charge < -0.3 is 24.8 Å². The number of hydrogen-bond acceptors (Lipinski definition) is 5. The fraction of sp³-hybridized carbons (Fsp3) is 0.545. The van der Waals surface area contributed by atoms with E-state index in [9.17, 15) is 9.59 Å². The first-order chi connectivity index (χ1) is 14.0. The number of nitrogens with one attached hydrogen (secondary N) is 2. The van der Waals surface area contributed by atoms with Crippen molar-refractivity contribution in [1.29, 1.82) is 0 Å². The lowest BCUT2D eigenvalue weighted by molar-refractivity contribution is -0.139. The molecule has 7 heteroatoms. The highest BCUT2D eigenvalue weighted by Crippen LogP contribution is 2.35. The van der Waals surface area contributed by atoms with E-state index in [1.54, 1.807) is 6.92 Å². The number of unbranched alkanes of at least 4 members (excludes halogenated alkanes) is 2. The van der Waals surface area contributed by atoms with Crippen LogP contribution in [0.5, 0.6) is 11.5 Å². The molecule has 0 saturated carbocycles. The molecular formula is C22H32N2O5. The van der Waals surface area contributed by atoms with Gasteiger partial charge in [-0.25, -0.2) is 9.59 Å². The molecule has 0 aliphatic carbocycles. The van der Waals surface area contributed by atoms with Gasteiger partial charge in [0.25, 0.3) is 0 Å². The Morgan fingerprint density at radius 3 is 2.48 bits per heavy atom. The van der Waals surface area contributed by atoms with Crippen LogP contribution in [0.2, 0.25) is 0 Å². The average Bonchev–Trinajstić information content (AvgIpc) is 2.71. The first-order valence-corrected chi connectivity index (χ1v) is 10.4. The number of hydrogen-bond donors (Lipinski definition) is 2. The van der Waals surface area contributed by atoms with Crippen molar-refractivity contribution in [3.63, 3.8) is 0 Å². The van der Waals surface area contributed by atoms with Crippen molar-refractivity contribution in [2.24, 2.45) is 0 Å². The second-order valence-corrected chi connectivity index (χ2v) is 6.69. The minimum absolute atomic E-state index is 0.259. The van der Waals surface area contributed by atoms with Crippen LogP contribution in [0.1, 0.15) is 65.0 Å². The van der Waals surface area contributed by atoms with Gasteiger partial charge in [-0.1, -0.05) is 32.8 Å². The number of amides is 2. The highest BCUT2D eigenvalue weighted by Gasteiger charge is 2.33. The van der Waals surface area contributed by atoms with Crippen molar-refractivity contribution >= 4 is 12.0 Å². The molecule has 1 aliphatic rings. The molecule has 1 aliphatic heterocycles. The monoisotopic (exact) mass is 404 g/mol. The van der Waals surface area contributed by atoms with E-state index < -0.39 is 12.0 Å². The Labute approximate surface area is 172 Å². The van der Waals surface area contributed by atoms with E-state index >= 15 is 0 Å². The molecule has 7 nitrogen and oxygen atoms in total. The lowest BCUT2D eigenvalue weighted by Crippen LogP contribution is -2.45. The number of benzene rings is 1. The van der Waals surface area contributed by atoms with Crippen LogP contribution in [0.25, 0.3) is 0 Å². The van der Waals surface area contributed by atoms with Crippen LogP contribution in [0.3, 0.4) is 0 Å². The largest absolute Gasteiger partial charge is 0.490 e. The van der Waals surface area contributed by atoms with Gasteiger partial charge in [0.15, 0.2) is 11.5 Å². The van der Waals surface area contributed by atoms with Crippen LogP contribution in [0.15, 0.2) is 29.5 Å². The maximum atomic E-state index is 12.6. The van der Waals surface area contributed by atoms with Gasteiger partial charge in [0.1, 0.15) is 0 Å². The first-order valence-electron chi connectivity index (χ1n) is 10.4. The number of carbonyl (C=O) groups is 2. The number of urea groups is 1. The number of allylic oxidation sites excluding steroid dienone is 1. The van der Waals surface area contributed by atoms with Gasteiger partial charge in [-0.15, -0.1) is 0 Å². The smallest absolute Gasteiger partial charge is 0.338 e. The van der Waals surface area contributed by atoms with Gasteiger partial charge in [0.05, 0.1) is 31.4 Å². The predicted octanol–water partition coefficient (Wildman–Crippen LogP) is 4.24. The van der Waals surface area contributed by atoms with Crippen LogP contribution >= 0.6 is 0 Å².